The predicted molar refractivity (Wildman–Crippen MR) is 71.5 cm³/mol. The summed E-state index contributed by atoms with van der Waals surface area (Å²) in [7, 11) is 0. The molecule has 0 amide bonds. The Labute approximate surface area is 124 Å². The Morgan fingerprint density at radius 2 is 2.20 bits per heavy atom. The van der Waals surface area contributed by atoms with Crippen LogP contribution in [0.2, 0.25) is 10.2 Å². The minimum atomic E-state index is -0.677. The Morgan fingerprint density at radius 3 is 2.95 bits per heavy atom. The van der Waals surface area contributed by atoms with E-state index in [0.29, 0.717) is 12.4 Å². The molecular formula is C11H11Cl2N5O2. The van der Waals surface area contributed by atoms with Crippen LogP contribution in [0.4, 0.5) is 0 Å². The molecule has 0 aliphatic carbocycles. The van der Waals surface area contributed by atoms with Crippen molar-refractivity contribution in [2.45, 2.75) is 26.5 Å². The number of carbonyl (C=O) groups is 1. The number of carbonyl (C=O) groups excluding carboxylic acids is 1. The SMILES string of the molecule is CCCn1nnnc1COC(=O)c1nc(Cl)ccc1Cl. The molecule has 2 rings (SSSR count). The van der Waals surface area contributed by atoms with Crippen LogP contribution in [0, 0.1) is 0 Å². The van der Waals surface area contributed by atoms with E-state index in [1.54, 1.807) is 4.68 Å². The van der Waals surface area contributed by atoms with Crippen molar-refractivity contribution in [2.75, 3.05) is 0 Å². The van der Waals surface area contributed by atoms with Crippen molar-refractivity contribution in [3.8, 4) is 0 Å². The van der Waals surface area contributed by atoms with Gasteiger partial charge in [0, 0.05) is 6.54 Å². The molecule has 0 unspecified atom stereocenters. The van der Waals surface area contributed by atoms with E-state index in [9.17, 15) is 4.79 Å². The predicted octanol–water partition coefficient (Wildman–Crippen LogP) is 2.14. The summed E-state index contributed by atoms with van der Waals surface area (Å²) >= 11 is 11.6. The molecule has 0 aliphatic heterocycles. The first-order chi connectivity index (χ1) is 9.61. The smallest absolute Gasteiger partial charge is 0.359 e. The number of ether oxygens (including phenoxy) is 1. The molecule has 0 saturated carbocycles. The molecule has 7 nitrogen and oxygen atoms in total. The maximum absolute atomic E-state index is 11.9. The van der Waals surface area contributed by atoms with E-state index in [1.165, 1.54) is 12.1 Å². The fourth-order valence-electron chi connectivity index (χ4n) is 1.47. The van der Waals surface area contributed by atoms with Crippen LogP contribution >= 0.6 is 23.2 Å². The maximum atomic E-state index is 11.9. The molecule has 2 aromatic heterocycles. The Bertz CT molecular complexity index is 617. The van der Waals surface area contributed by atoms with Crippen molar-refractivity contribution in [2.24, 2.45) is 0 Å². The fourth-order valence-corrected chi connectivity index (χ4v) is 1.80. The summed E-state index contributed by atoms with van der Waals surface area (Å²) in [6, 6.07) is 2.97. The number of aryl methyl sites for hydroxylation is 1. The van der Waals surface area contributed by atoms with Crippen LogP contribution in [-0.2, 0) is 17.9 Å². The van der Waals surface area contributed by atoms with Gasteiger partial charge in [-0.3, -0.25) is 0 Å². The van der Waals surface area contributed by atoms with Gasteiger partial charge in [0.05, 0.1) is 5.02 Å². The summed E-state index contributed by atoms with van der Waals surface area (Å²) in [6.45, 7) is 2.58. The number of hydrogen-bond acceptors (Lipinski definition) is 6. The van der Waals surface area contributed by atoms with Gasteiger partial charge in [-0.15, -0.1) is 5.10 Å². The normalized spacial score (nSPS) is 10.6. The van der Waals surface area contributed by atoms with Crippen LogP contribution in [0.5, 0.6) is 0 Å². The lowest BCUT2D eigenvalue weighted by atomic mass is 10.3. The Kier molecular flexibility index (Phi) is 4.86. The molecule has 106 valence electrons. The van der Waals surface area contributed by atoms with E-state index in [2.05, 4.69) is 20.5 Å². The fraction of sp³-hybridized carbons (Fsp3) is 0.364. The van der Waals surface area contributed by atoms with Gasteiger partial charge in [0.2, 0.25) is 0 Å². The summed E-state index contributed by atoms with van der Waals surface area (Å²) in [5, 5.41) is 11.4. The summed E-state index contributed by atoms with van der Waals surface area (Å²) in [5.41, 5.74) is -0.0336. The number of hydrogen-bond donors (Lipinski definition) is 0. The number of esters is 1. The molecule has 2 aromatic rings. The minimum absolute atomic E-state index is 0.0336. The van der Waals surface area contributed by atoms with E-state index in [-0.39, 0.29) is 22.5 Å². The second kappa shape index (κ2) is 6.62. The first-order valence-electron chi connectivity index (χ1n) is 5.86. The summed E-state index contributed by atoms with van der Waals surface area (Å²) < 4.78 is 6.66. The van der Waals surface area contributed by atoms with Gasteiger partial charge >= 0.3 is 5.97 Å². The molecule has 2 heterocycles. The van der Waals surface area contributed by atoms with Gasteiger partial charge in [0.1, 0.15) is 5.15 Å². The van der Waals surface area contributed by atoms with E-state index in [4.69, 9.17) is 27.9 Å². The van der Waals surface area contributed by atoms with Crippen LogP contribution in [0.3, 0.4) is 0 Å². The molecule has 20 heavy (non-hydrogen) atoms. The molecule has 0 aromatic carbocycles. The highest BCUT2D eigenvalue weighted by Crippen LogP contribution is 2.18. The number of rotatable bonds is 5. The standard InChI is InChI=1S/C11H11Cl2N5O2/c1-2-5-18-9(15-16-17-18)6-20-11(19)10-7(12)3-4-8(13)14-10/h3-4H,2,5-6H2,1H3. The number of aromatic nitrogens is 5. The number of halogens is 2. The van der Waals surface area contributed by atoms with Crippen LogP contribution in [0.1, 0.15) is 29.7 Å². The third kappa shape index (κ3) is 3.43. The molecule has 0 fully saturated rings. The van der Waals surface area contributed by atoms with Crippen LogP contribution in [0.25, 0.3) is 0 Å². The molecule has 0 spiro atoms. The van der Waals surface area contributed by atoms with Crippen molar-refractivity contribution in [1.29, 1.82) is 0 Å². The first-order valence-corrected chi connectivity index (χ1v) is 6.61. The number of pyridine rings is 1. The number of nitrogens with zero attached hydrogens (tertiary/aromatic N) is 5. The van der Waals surface area contributed by atoms with Crippen LogP contribution < -0.4 is 0 Å². The number of tetrazole rings is 1. The van der Waals surface area contributed by atoms with Gasteiger partial charge in [-0.1, -0.05) is 30.1 Å². The summed E-state index contributed by atoms with van der Waals surface area (Å²) in [4.78, 5) is 15.7. The zero-order valence-corrected chi connectivity index (χ0v) is 12.1. The third-order valence-electron chi connectivity index (χ3n) is 2.38. The summed E-state index contributed by atoms with van der Waals surface area (Å²) in [6.07, 6.45) is 0.869. The van der Waals surface area contributed by atoms with Gasteiger partial charge in [0.15, 0.2) is 18.1 Å². The van der Waals surface area contributed by atoms with Crippen molar-refractivity contribution >= 4 is 29.2 Å². The van der Waals surface area contributed by atoms with E-state index < -0.39 is 5.97 Å². The Balaban J connectivity index is 2.05. The minimum Gasteiger partial charge on any atom is -0.453 e. The van der Waals surface area contributed by atoms with Crippen molar-refractivity contribution in [3.63, 3.8) is 0 Å². The molecule has 9 heteroatoms. The first kappa shape index (κ1) is 14.7. The molecule has 0 aliphatic rings. The zero-order chi connectivity index (χ0) is 14.5. The second-order valence-corrected chi connectivity index (χ2v) is 4.65. The molecule has 0 atom stereocenters. The van der Waals surface area contributed by atoms with Gasteiger partial charge in [-0.05, 0) is 29.0 Å². The lowest BCUT2D eigenvalue weighted by molar-refractivity contribution is 0.0449. The zero-order valence-electron chi connectivity index (χ0n) is 10.6. The highest BCUT2D eigenvalue weighted by molar-refractivity contribution is 6.34. The topological polar surface area (TPSA) is 82.8 Å². The highest BCUT2D eigenvalue weighted by Gasteiger charge is 2.16. The van der Waals surface area contributed by atoms with E-state index in [0.717, 1.165) is 6.42 Å². The largest absolute Gasteiger partial charge is 0.453 e. The Morgan fingerprint density at radius 1 is 1.40 bits per heavy atom. The average molecular weight is 316 g/mol. The molecule has 0 saturated heterocycles. The van der Waals surface area contributed by atoms with Crippen molar-refractivity contribution < 1.29 is 9.53 Å². The van der Waals surface area contributed by atoms with Crippen molar-refractivity contribution in [3.05, 3.63) is 33.8 Å². The third-order valence-corrected chi connectivity index (χ3v) is 2.89. The molecule has 0 radical (unpaired) electrons. The maximum Gasteiger partial charge on any atom is 0.359 e. The van der Waals surface area contributed by atoms with E-state index in [1.807, 2.05) is 6.92 Å². The monoisotopic (exact) mass is 315 g/mol. The van der Waals surface area contributed by atoms with Gasteiger partial charge in [0.25, 0.3) is 0 Å². The highest BCUT2D eigenvalue weighted by atomic mass is 35.5. The van der Waals surface area contributed by atoms with Gasteiger partial charge in [-0.2, -0.15) is 0 Å². The lowest BCUT2D eigenvalue weighted by Crippen LogP contribution is -2.12. The Hall–Kier alpha value is -1.73. The average Bonchev–Trinajstić information content (AvgIpc) is 2.87. The quantitative estimate of drug-likeness (QED) is 0.621. The molecular weight excluding hydrogens is 305 g/mol. The van der Waals surface area contributed by atoms with E-state index >= 15 is 0 Å². The van der Waals surface area contributed by atoms with Gasteiger partial charge in [-0.25, -0.2) is 14.5 Å². The van der Waals surface area contributed by atoms with Crippen molar-refractivity contribution in [1.82, 2.24) is 25.2 Å². The van der Waals surface area contributed by atoms with Gasteiger partial charge < -0.3 is 4.74 Å². The molecule has 0 bridgehead atoms. The van der Waals surface area contributed by atoms with Crippen LogP contribution in [0.15, 0.2) is 12.1 Å². The summed E-state index contributed by atoms with van der Waals surface area (Å²) in [5.74, 6) is -0.220. The van der Waals surface area contributed by atoms with Crippen LogP contribution in [-0.4, -0.2) is 31.2 Å². The molecule has 0 N–H and O–H groups in total. The second-order valence-electron chi connectivity index (χ2n) is 3.86. The lowest BCUT2D eigenvalue weighted by Gasteiger charge is -2.06.